The fourth-order valence-corrected chi connectivity index (χ4v) is 9.11. The summed E-state index contributed by atoms with van der Waals surface area (Å²) < 4.78 is 73.4. The lowest BCUT2D eigenvalue weighted by Crippen LogP contribution is -2.60. The Morgan fingerprint density at radius 2 is 1.39 bits per heavy atom. The van der Waals surface area contributed by atoms with Gasteiger partial charge in [-0.25, -0.2) is 26.9 Å². The first-order chi connectivity index (χ1) is 23.9. The highest BCUT2D eigenvalue weighted by Gasteiger charge is 2.77. The minimum absolute atomic E-state index is 0.0144. The number of amides is 4. The molecule has 264 valence electrons. The van der Waals surface area contributed by atoms with Gasteiger partial charge in [-0.2, -0.15) is 0 Å². The van der Waals surface area contributed by atoms with Gasteiger partial charge in [0.1, 0.15) is 11.4 Å². The van der Waals surface area contributed by atoms with Crippen LogP contribution < -0.4 is 15.3 Å². The first-order valence-electron chi connectivity index (χ1n) is 15.5. The molecule has 0 bridgehead atoms. The molecule has 0 spiro atoms. The second kappa shape index (κ2) is 11.6. The van der Waals surface area contributed by atoms with Crippen molar-refractivity contribution in [1.82, 2.24) is 0 Å². The molecule has 2 aliphatic heterocycles. The van der Waals surface area contributed by atoms with E-state index in [4.69, 9.17) is 23.2 Å². The number of alkyl halides is 2. The SMILES string of the molecule is Cc1cc(C2C3=CCC4C(=O)N(c5cccc(B(O)O)c5)C(=O)C4C3CC3(Cl)C(=O)N(c4c(F)c(F)c(F)c(F)c4F)C(=O)C23Cl)cc(C)c1O. The van der Waals surface area contributed by atoms with Crippen LogP contribution in [0.1, 0.15) is 35.4 Å². The van der Waals surface area contributed by atoms with Gasteiger partial charge in [-0.15, -0.1) is 23.2 Å². The van der Waals surface area contributed by atoms with Gasteiger partial charge in [-0.3, -0.25) is 24.1 Å². The summed E-state index contributed by atoms with van der Waals surface area (Å²) in [6.45, 7) is 3.03. The number of halogens is 7. The normalized spacial score (nSPS) is 28.6. The molecule has 51 heavy (non-hydrogen) atoms. The van der Waals surface area contributed by atoms with Crippen LogP contribution in [0.4, 0.5) is 33.3 Å². The molecule has 7 rings (SSSR count). The Balaban J connectivity index is 1.43. The molecule has 3 fully saturated rings. The molecule has 2 saturated heterocycles. The number of carbonyl (C=O) groups is 4. The van der Waals surface area contributed by atoms with Crippen LogP contribution in [0.15, 0.2) is 48.0 Å². The average molecular weight is 749 g/mol. The molecule has 17 heteroatoms. The van der Waals surface area contributed by atoms with E-state index >= 15 is 8.78 Å². The van der Waals surface area contributed by atoms with E-state index in [2.05, 4.69) is 0 Å². The molecule has 2 heterocycles. The summed E-state index contributed by atoms with van der Waals surface area (Å²) >= 11 is 14.3. The molecular formula is C34H24BCl2F5N2O7. The summed E-state index contributed by atoms with van der Waals surface area (Å²) in [5, 5.41) is 29.9. The number of aromatic hydroxyl groups is 1. The van der Waals surface area contributed by atoms with E-state index in [1.54, 1.807) is 6.08 Å². The number of fused-ring (bicyclic) bond motifs is 4. The van der Waals surface area contributed by atoms with Gasteiger partial charge in [0, 0.05) is 5.92 Å². The fourth-order valence-electron chi connectivity index (χ4n) is 8.18. The number of benzene rings is 3. The molecule has 4 amide bonds. The van der Waals surface area contributed by atoms with Gasteiger partial charge in [0.2, 0.25) is 17.6 Å². The van der Waals surface area contributed by atoms with Crippen LogP contribution in [-0.2, 0) is 19.2 Å². The highest BCUT2D eigenvalue weighted by atomic mass is 35.5. The molecule has 3 N–H and O–H groups in total. The van der Waals surface area contributed by atoms with Crippen molar-refractivity contribution in [1.29, 1.82) is 0 Å². The standard InChI is InChI=1S/C34H24BCl2F5N2O7/c1-12-8-14(9-13(2)28(12)45)21-17-6-7-18-20(30(47)43(29(18)46)16-5-3-4-15(10-16)35(50)51)19(17)11-33(36)31(48)44(32(49)34(21,33)37)27-25(41)23(39)22(38)24(40)26(27)42/h3-6,8-10,18-21,45,50-51H,7,11H2,1-2H3. The van der Waals surface area contributed by atoms with Crippen molar-refractivity contribution < 1.29 is 56.3 Å². The van der Waals surface area contributed by atoms with Gasteiger partial charge in [0.25, 0.3) is 11.8 Å². The highest BCUT2D eigenvalue weighted by Crippen LogP contribution is 2.66. The molecule has 2 aliphatic carbocycles. The average Bonchev–Trinajstić information content (AvgIpc) is 3.43. The zero-order valence-corrected chi connectivity index (χ0v) is 27.9. The molecule has 4 aliphatic rings. The van der Waals surface area contributed by atoms with Crippen LogP contribution in [0.2, 0.25) is 0 Å². The number of anilines is 2. The molecule has 3 aromatic rings. The number of carbonyl (C=O) groups excluding carboxylic acids is 4. The zero-order valence-electron chi connectivity index (χ0n) is 26.4. The molecule has 0 radical (unpaired) electrons. The number of phenols is 1. The van der Waals surface area contributed by atoms with Crippen molar-refractivity contribution in [3.05, 3.63) is 93.8 Å². The number of rotatable bonds is 4. The maximum Gasteiger partial charge on any atom is 0.488 e. The number of aryl methyl sites for hydroxylation is 2. The summed E-state index contributed by atoms with van der Waals surface area (Å²) in [6.07, 6.45) is 0.782. The molecular weight excluding hydrogens is 725 g/mol. The van der Waals surface area contributed by atoms with Crippen LogP contribution in [0, 0.1) is 60.7 Å². The first kappa shape index (κ1) is 35.1. The third-order valence-corrected chi connectivity index (χ3v) is 11.9. The van der Waals surface area contributed by atoms with Crippen LogP contribution in [-0.4, -0.2) is 55.7 Å². The van der Waals surface area contributed by atoms with Crippen molar-refractivity contribution in [2.45, 2.75) is 42.4 Å². The summed E-state index contributed by atoms with van der Waals surface area (Å²) in [7, 11) is -1.93. The van der Waals surface area contributed by atoms with E-state index in [0.29, 0.717) is 0 Å². The van der Waals surface area contributed by atoms with E-state index in [9.17, 15) is 47.5 Å². The number of hydrogen-bond donors (Lipinski definition) is 3. The minimum Gasteiger partial charge on any atom is -0.507 e. The third-order valence-electron chi connectivity index (χ3n) is 10.5. The van der Waals surface area contributed by atoms with Crippen LogP contribution in [0.3, 0.4) is 0 Å². The quantitative estimate of drug-likeness (QED) is 0.0695. The van der Waals surface area contributed by atoms with Crippen molar-refractivity contribution in [3.63, 3.8) is 0 Å². The first-order valence-corrected chi connectivity index (χ1v) is 16.3. The topological polar surface area (TPSA) is 135 Å². The van der Waals surface area contributed by atoms with E-state index in [-0.39, 0.29) is 50.5 Å². The Morgan fingerprint density at radius 1 is 0.804 bits per heavy atom. The summed E-state index contributed by atoms with van der Waals surface area (Å²) in [4.78, 5) is 52.0. The second-order valence-corrected chi connectivity index (χ2v) is 14.4. The smallest absolute Gasteiger partial charge is 0.488 e. The molecule has 1 saturated carbocycles. The van der Waals surface area contributed by atoms with Crippen molar-refractivity contribution in [3.8, 4) is 5.75 Å². The van der Waals surface area contributed by atoms with Crippen LogP contribution in [0.5, 0.6) is 5.75 Å². The van der Waals surface area contributed by atoms with Gasteiger partial charge >= 0.3 is 7.12 Å². The number of nitrogens with zero attached hydrogens (tertiary/aromatic N) is 2. The lowest BCUT2D eigenvalue weighted by atomic mass is 9.56. The van der Waals surface area contributed by atoms with Gasteiger partial charge in [-0.1, -0.05) is 35.9 Å². The number of phenolic OH excluding ortho intramolecular Hbond substituents is 1. The summed E-state index contributed by atoms with van der Waals surface area (Å²) in [5.74, 6) is -22.1. The predicted octanol–water partition coefficient (Wildman–Crippen LogP) is 4.15. The largest absolute Gasteiger partial charge is 0.507 e. The van der Waals surface area contributed by atoms with Gasteiger partial charge in [0.05, 0.1) is 17.5 Å². The zero-order chi connectivity index (χ0) is 37.2. The van der Waals surface area contributed by atoms with Gasteiger partial charge < -0.3 is 15.2 Å². The van der Waals surface area contributed by atoms with Crippen molar-refractivity contribution >= 4 is 70.8 Å². The summed E-state index contributed by atoms with van der Waals surface area (Å²) in [6, 6.07) is 8.22. The lowest BCUT2D eigenvalue weighted by molar-refractivity contribution is -0.125. The fraction of sp³-hybridized carbons (Fsp3) is 0.294. The Kier molecular flexibility index (Phi) is 7.99. The maximum atomic E-state index is 15.2. The Morgan fingerprint density at radius 3 is 1.98 bits per heavy atom. The van der Waals surface area contributed by atoms with E-state index in [1.165, 1.54) is 50.2 Å². The third kappa shape index (κ3) is 4.54. The molecule has 6 unspecified atom stereocenters. The minimum atomic E-state index is -2.70. The number of imide groups is 2. The van der Waals surface area contributed by atoms with E-state index in [0.717, 1.165) is 4.90 Å². The number of hydrogen-bond acceptors (Lipinski definition) is 7. The predicted molar refractivity (Wildman–Crippen MR) is 173 cm³/mol. The molecule has 6 atom stereocenters. The van der Waals surface area contributed by atoms with E-state index in [1.807, 2.05) is 0 Å². The maximum absolute atomic E-state index is 15.2. The second-order valence-electron chi connectivity index (χ2n) is 13.2. The molecule has 3 aromatic carbocycles. The van der Waals surface area contributed by atoms with Crippen molar-refractivity contribution in [2.75, 3.05) is 9.80 Å². The molecule has 0 aromatic heterocycles. The van der Waals surface area contributed by atoms with Crippen molar-refractivity contribution in [2.24, 2.45) is 17.8 Å². The lowest BCUT2D eigenvalue weighted by Gasteiger charge is -2.50. The Hall–Kier alpha value is -4.31. The van der Waals surface area contributed by atoms with Gasteiger partial charge in [0.15, 0.2) is 33.0 Å². The van der Waals surface area contributed by atoms with Gasteiger partial charge in [-0.05, 0) is 66.9 Å². The highest BCUT2D eigenvalue weighted by molar-refractivity contribution is 6.59. The van der Waals surface area contributed by atoms with Crippen LogP contribution >= 0.6 is 23.2 Å². The monoisotopic (exact) mass is 748 g/mol. The molecule has 9 nitrogen and oxygen atoms in total. The van der Waals surface area contributed by atoms with Crippen LogP contribution in [0.25, 0.3) is 0 Å². The Bertz CT molecular complexity index is 2120. The van der Waals surface area contributed by atoms with E-state index < -0.39 is 105 Å². The number of allylic oxidation sites excluding steroid dienone is 2. The summed E-state index contributed by atoms with van der Waals surface area (Å²) in [5.41, 5.74) is -0.926. The Labute approximate surface area is 296 Å².